The first kappa shape index (κ1) is 99.9. The van der Waals surface area contributed by atoms with E-state index in [9.17, 15) is 80.8 Å². The standard InChI is InChI=1S/C24H21ClFN3O5S.C23H19Cl2N3O5S.C23H19ClFN3O5S.C22H19ClN4O5S/c1-15-5-6-18(12-22(15)28-23(30)16-3-2-4-17(25)11-16)27-24(31)20-8-7-19(13-21(20)26)29-14-34-9-10-35(29,32)33;2*24-19-9-6-16(12-21(19)27-22(29)15-4-2-1-3-5-15)26-23(30)18-8-7-17(13-20(18)25)28-14-33-10-11-34(28,31)32;23-19-8-5-17(12-20(19)26-22(29)16-2-1-9-24-13-16)25-21(28)15-3-6-18(7-4-15)27-14-32-10-11-33(27,30)31/h2-8,11-13H,9-10,14H2,1H3,(H,27,31)(H,28,30);2*1-9,12-13H,10-11,14H2,(H,26,30)(H,27,29);1-9,12-13H,10-11,14H2,(H,25,28)(H,26,29). The van der Waals surface area contributed by atoms with Crippen LogP contribution in [-0.4, -0.2) is 162 Å². The summed E-state index contributed by atoms with van der Waals surface area (Å²) in [6.45, 7) is 1.58. The third-order valence-corrected chi connectivity index (χ3v) is 28.5. The number of amides is 8. The number of carbonyl (C=O) groups is 8. The van der Waals surface area contributed by atoms with E-state index in [2.05, 4.69) is 47.5 Å². The maximum absolute atomic E-state index is 14.8. The van der Waals surface area contributed by atoms with Gasteiger partial charge in [-0.05, 0) is 213 Å². The van der Waals surface area contributed by atoms with Gasteiger partial charge in [-0.2, -0.15) is 0 Å². The quantitative estimate of drug-likeness (QED) is 0.0351. The zero-order chi connectivity index (χ0) is 97.2. The van der Waals surface area contributed by atoms with E-state index < -0.39 is 75.4 Å². The third-order valence-electron chi connectivity index (χ3n) is 20.2. The molecule has 4 saturated heterocycles. The van der Waals surface area contributed by atoms with E-state index >= 15 is 0 Å². The lowest BCUT2D eigenvalue weighted by Crippen LogP contribution is -2.41. The van der Waals surface area contributed by atoms with Crippen molar-refractivity contribution in [1.29, 1.82) is 0 Å². The van der Waals surface area contributed by atoms with E-state index in [4.69, 9.17) is 77.0 Å². The number of aryl methyl sites for hydroxylation is 1. The molecule has 8 amide bonds. The molecule has 4 fully saturated rings. The van der Waals surface area contributed by atoms with Crippen LogP contribution in [0.1, 0.15) is 88.4 Å². The second kappa shape index (κ2) is 44.8. The van der Waals surface area contributed by atoms with E-state index in [1.165, 1.54) is 91.1 Å². The van der Waals surface area contributed by atoms with Crippen LogP contribution in [-0.2, 0) is 59.0 Å². The SMILES string of the molecule is Cc1ccc(NC(=O)c2ccc(N3COCCS3(=O)=O)cc2F)cc1NC(=O)c1cccc(Cl)c1.O=C(Nc1cc(NC(=O)c2ccc(N3COCCS3(=O)=O)cc2Cl)ccc1Cl)c1ccccc1.O=C(Nc1cc(NC(=O)c2ccc(N3COCCS3(=O)=O)cc2F)ccc1Cl)c1ccccc1.O=C(Nc1ccc(Cl)c(NC(=O)c2cccnc2)c1)c1ccc(N2COCCS2(=O)=O)cc1. The first-order valence-electron chi connectivity index (χ1n) is 40.5. The summed E-state index contributed by atoms with van der Waals surface area (Å²) in [5.41, 5.74) is 5.90. The average Bonchev–Trinajstić information content (AvgIpc) is 0.808. The molecule has 5 heterocycles. The van der Waals surface area contributed by atoms with Crippen LogP contribution in [0.2, 0.25) is 25.1 Å². The second-order valence-electron chi connectivity index (χ2n) is 29.6. The molecule has 704 valence electrons. The maximum Gasteiger partial charge on any atom is 0.258 e. The number of rotatable bonds is 20. The predicted molar refractivity (Wildman–Crippen MR) is 517 cm³/mol. The Morgan fingerprint density at radius 1 is 0.301 bits per heavy atom. The van der Waals surface area contributed by atoms with Crippen molar-refractivity contribution in [3.8, 4) is 0 Å². The van der Waals surface area contributed by atoms with Crippen molar-refractivity contribution in [3.05, 3.63) is 348 Å². The van der Waals surface area contributed by atoms with Crippen molar-refractivity contribution in [2.24, 2.45) is 0 Å². The summed E-state index contributed by atoms with van der Waals surface area (Å²) in [4.78, 5) is 105. The van der Waals surface area contributed by atoms with Crippen molar-refractivity contribution in [2.45, 2.75) is 6.92 Å². The molecular weight excluding hydrogens is 1950 g/mol. The summed E-state index contributed by atoms with van der Waals surface area (Å²) in [5, 5.41) is 22.8. The van der Waals surface area contributed by atoms with E-state index in [1.807, 2.05) is 0 Å². The number of ether oxygens (including phenoxy) is 4. The third kappa shape index (κ3) is 25.9. The highest BCUT2D eigenvalue weighted by Crippen LogP contribution is 2.35. The van der Waals surface area contributed by atoms with Gasteiger partial charge in [0.25, 0.3) is 47.3 Å². The highest BCUT2D eigenvalue weighted by atomic mass is 35.5. The first-order chi connectivity index (χ1) is 65.0. The number of nitrogens with zero attached hydrogens (tertiary/aromatic N) is 5. The van der Waals surface area contributed by atoms with Crippen LogP contribution in [0.5, 0.6) is 0 Å². The lowest BCUT2D eigenvalue weighted by atomic mass is 10.1. The molecule has 136 heavy (non-hydrogen) atoms. The monoisotopic (exact) mass is 2030 g/mol. The molecule has 8 N–H and O–H groups in total. The van der Waals surface area contributed by atoms with Crippen LogP contribution in [0.3, 0.4) is 0 Å². The van der Waals surface area contributed by atoms with E-state index in [-0.39, 0.29) is 149 Å². The van der Waals surface area contributed by atoms with Gasteiger partial charge in [0.15, 0.2) is 0 Å². The highest BCUT2D eigenvalue weighted by Gasteiger charge is 2.33. The molecule has 33 nitrogen and oxygen atoms in total. The van der Waals surface area contributed by atoms with Gasteiger partial charge in [0.05, 0.1) is 132 Å². The first-order valence-corrected chi connectivity index (χ1v) is 48.9. The number of sulfonamides is 4. The Kier molecular flexibility index (Phi) is 32.9. The number of nitrogens with one attached hydrogen (secondary N) is 8. The van der Waals surface area contributed by atoms with E-state index in [0.29, 0.717) is 88.4 Å². The van der Waals surface area contributed by atoms with Gasteiger partial charge in [-0.25, -0.2) is 59.7 Å². The largest absolute Gasteiger partial charge is 0.359 e. The van der Waals surface area contributed by atoms with Crippen LogP contribution in [0, 0.1) is 18.6 Å². The Hall–Kier alpha value is -13.5. The number of aromatic nitrogens is 1. The normalized spacial score (nSPS) is 14.9. The van der Waals surface area contributed by atoms with Crippen LogP contribution in [0.15, 0.2) is 261 Å². The molecule has 11 aromatic carbocycles. The summed E-state index contributed by atoms with van der Waals surface area (Å²) < 4.78 is 152. The highest BCUT2D eigenvalue weighted by molar-refractivity contribution is 7.93. The molecule has 0 aliphatic carbocycles. The minimum atomic E-state index is -3.62. The summed E-state index contributed by atoms with van der Waals surface area (Å²) >= 11 is 30.8. The molecule has 0 saturated carbocycles. The van der Waals surface area contributed by atoms with E-state index in [1.54, 1.807) is 165 Å². The van der Waals surface area contributed by atoms with Crippen molar-refractivity contribution in [1.82, 2.24) is 4.98 Å². The molecule has 0 atom stereocenters. The lowest BCUT2D eigenvalue weighted by molar-refractivity contribution is 0.101. The van der Waals surface area contributed by atoms with Gasteiger partial charge in [0.1, 0.15) is 38.6 Å². The molecule has 0 bridgehead atoms. The molecule has 12 aromatic rings. The lowest BCUT2D eigenvalue weighted by Gasteiger charge is -2.28. The number of pyridine rings is 1. The number of carbonyl (C=O) groups excluding carboxylic acids is 8. The van der Waals surface area contributed by atoms with Crippen molar-refractivity contribution in [3.63, 3.8) is 0 Å². The summed E-state index contributed by atoms with van der Waals surface area (Å²) in [7, 11) is -14.2. The average molecular weight is 2030 g/mol. The smallest absolute Gasteiger partial charge is 0.258 e. The Morgan fingerprint density at radius 3 is 1.01 bits per heavy atom. The van der Waals surface area contributed by atoms with Gasteiger partial charge in [0, 0.05) is 68.1 Å². The molecular formula is C92H78Cl5F2N13O20S4. The topological polar surface area (TPSA) is 432 Å². The molecule has 1 aromatic heterocycles. The van der Waals surface area contributed by atoms with Crippen LogP contribution in [0.4, 0.5) is 77.0 Å². The molecule has 4 aliphatic rings. The fourth-order valence-electron chi connectivity index (χ4n) is 13.1. The summed E-state index contributed by atoms with van der Waals surface area (Å²) in [5.74, 6) is -6.35. The number of hydrogen-bond donors (Lipinski definition) is 8. The molecule has 0 spiro atoms. The van der Waals surface area contributed by atoms with Crippen LogP contribution >= 0.6 is 58.0 Å². The molecule has 16 rings (SSSR count). The second-order valence-corrected chi connectivity index (χ2v) is 39.7. The number of benzene rings is 11. The Labute approximate surface area is 803 Å². The van der Waals surface area contributed by atoms with E-state index in [0.717, 1.165) is 34.9 Å². The minimum Gasteiger partial charge on any atom is -0.359 e. The Morgan fingerprint density at radius 2 is 0.625 bits per heavy atom. The van der Waals surface area contributed by atoms with Gasteiger partial charge < -0.3 is 61.5 Å². The van der Waals surface area contributed by atoms with Crippen molar-refractivity contribution < 1.29 is 99.8 Å². The fraction of sp³-hybridized carbons (Fsp3) is 0.141. The number of hydrogen-bond acceptors (Lipinski definition) is 21. The molecule has 4 aliphatic heterocycles. The Balaban J connectivity index is 0.000000153. The number of halogens is 7. The van der Waals surface area contributed by atoms with Gasteiger partial charge in [-0.1, -0.05) is 107 Å². The Bertz CT molecular complexity index is 6860. The zero-order valence-electron chi connectivity index (χ0n) is 71.0. The van der Waals surface area contributed by atoms with Crippen LogP contribution < -0.4 is 59.8 Å². The number of anilines is 12. The summed E-state index contributed by atoms with van der Waals surface area (Å²) in [6, 6.07) is 63.0. The molecule has 0 unspecified atom stereocenters. The van der Waals surface area contributed by atoms with Crippen LogP contribution in [0.25, 0.3) is 0 Å². The maximum atomic E-state index is 14.8. The van der Waals surface area contributed by atoms with Gasteiger partial charge >= 0.3 is 0 Å². The summed E-state index contributed by atoms with van der Waals surface area (Å²) in [6.07, 6.45) is 2.99. The van der Waals surface area contributed by atoms with Gasteiger partial charge in [-0.15, -0.1) is 0 Å². The minimum absolute atomic E-state index is 0.0613. The van der Waals surface area contributed by atoms with Gasteiger partial charge in [0.2, 0.25) is 40.1 Å². The fourth-order valence-corrected chi connectivity index (χ4v) is 18.9. The van der Waals surface area contributed by atoms with Gasteiger partial charge in [-0.3, -0.25) is 43.3 Å². The zero-order valence-corrected chi connectivity index (χ0v) is 78.0. The predicted octanol–water partition coefficient (Wildman–Crippen LogP) is 16.5. The van der Waals surface area contributed by atoms with Crippen molar-refractivity contribution in [2.75, 3.05) is 136 Å². The molecule has 44 heteroatoms. The van der Waals surface area contributed by atoms with Crippen molar-refractivity contribution >= 4 is 214 Å². The molecule has 0 radical (unpaired) electrons.